The minimum absolute atomic E-state index is 0.200. The van der Waals surface area contributed by atoms with Crippen LogP contribution in [-0.2, 0) is 16.0 Å². The van der Waals surface area contributed by atoms with Crippen molar-refractivity contribution in [1.29, 1.82) is 0 Å². The van der Waals surface area contributed by atoms with E-state index < -0.39 is 18.0 Å². The van der Waals surface area contributed by atoms with Crippen molar-refractivity contribution >= 4 is 40.8 Å². The monoisotopic (exact) mass is 410 g/mol. The lowest BCUT2D eigenvalue weighted by molar-refractivity contribution is -0.119. The first-order valence-electron chi connectivity index (χ1n) is 8.31. The van der Waals surface area contributed by atoms with E-state index in [9.17, 15) is 14.0 Å². The summed E-state index contributed by atoms with van der Waals surface area (Å²) in [5, 5.41) is 12.2. The predicted octanol–water partition coefficient (Wildman–Crippen LogP) is 2.71. The number of cyclic esters (lactones) is 1. The van der Waals surface area contributed by atoms with Crippen molar-refractivity contribution in [3.8, 4) is 10.6 Å². The lowest BCUT2D eigenvalue weighted by atomic mass is 10.2. The number of hydrogen-bond donors (Lipinski definition) is 1. The predicted molar refractivity (Wildman–Crippen MR) is 104 cm³/mol. The van der Waals surface area contributed by atoms with Gasteiger partial charge in [-0.15, -0.1) is 10.2 Å². The Hall–Kier alpha value is -2.20. The molecule has 1 saturated heterocycles. The van der Waals surface area contributed by atoms with E-state index in [0.29, 0.717) is 16.3 Å². The molecule has 0 unspecified atom stereocenters. The van der Waals surface area contributed by atoms with Crippen LogP contribution in [0.4, 0.5) is 14.9 Å². The van der Waals surface area contributed by atoms with E-state index in [1.165, 1.54) is 29.2 Å². The molecular weight excluding hydrogens is 391 g/mol. The lowest BCUT2D eigenvalue weighted by Crippen LogP contribution is -2.33. The summed E-state index contributed by atoms with van der Waals surface area (Å²) in [5.74, 6) is 0.263. The average Bonchev–Trinajstić information content (AvgIpc) is 3.24. The zero-order valence-corrected chi connectivity index (χ0v) is 16.5. The summed E-state index contributed by atoms with van der Waals surface area (Å²) in [4.78, 5) is 24.4. The Morgan fingerprint density at radius 2 is 2.30 bits per heavy atom. The molecule has 0 bridgehead atoms. The van der Waals surface area contributed by atoms with Crippen molar-refractivity contribution in [3.05, 3.63) is 29.0 Å². The minimum atomic E-state index is -0.562. The molecule has 7 nitrogen and oxygen atoms in total. The van der Waals surface area contributed by atoms with Crippen molar-refractivity contribution in [1.82, 2.24) is 15.5 Å². The van der Waals surface area contributed by atoms with Gasteiger partial charge in [0.1, 0.15) is 16.9 Å². The number of aryl methyl sites for hydroxylation is 1. The van der Waals surface area contributed by atoms with Crippen LogP contribution in [-0.4, -0.2) is 53.4 Å². The number of thioether (sulfide) groups is 1. The fourth-order valence-electron chi connectivity index (χ4n) is 2.59. The smallest absolute Gasteiger partial charge is 0.414 e. The molecule has 1 aliphatic rings. The number of ether oxygens (including phenoxy) is 1. The highest BCUT2D eigenvalue weighted by molar-refractivity contribution is 7.98. The number of nitrogens with one attached hydrogen (secondary N) is 1. The average molecular weight is 410 g/mol. The molecule has 0 aliphatic carbocycles. The molecular formula is C17H19FN4O3S2. The second-order valence-electron chi connectivity index (χ2n) is 5.96. The Bertz CT molecular complexity index is 845. The topological polar surface area (TPSA) is 84.4 Å². The van der Waals surface area contributed by atoms with Gasteiger partial charge >= 0.3 is 6.09 Å². The van der Waals surface area contributed by atoms with Crippen molar-refractivity contribution in [2.45, 2.75) is 19.4 Å². The van der Waals surface area contributed by atoms with E-state index in [1.807, 2.05) is 6.26 Å². The van der Waals surface area contributed by atoms with Gasteiger partial charge < -0.3 is 10.1 Å². The molecule has 1 aromatic heterocycles. The van der Waals surface area contributed by atoms with E-state index >= 15 is 0 Å². The van der Waals surface area contributed by atoms with Gasteiger partial charge in [0.05, 0.1) is 18.8 Å². The molecule has 0 radical (unpaired) electrons. The van der Waals surface area contributed by atoms with E-state index in [-0.39, 0.29) is 19.0 Å². The molecule has 2 amide bonds. The van der Waals surface area contributed by atoms with Crippen LogP contribution >= 0.6 is 23.1 Å². The van der Waals surface area contributed by atoms with Crippen LogP contribution in [0.5, 0.6) is 0 Å². The molecule has 144 valence electrons. The van der Waals surface area contributed by atoms with Crippen LogP contribution in [0.15, 0.2) is 18.2 Å². The summed E-state index contributed by atoms with van der Waals surface area (Å²) in [6, 6.07) is 4.54. The summed E-state index contributed by atoms with van der Waals surface area (Å²) in [7, 11) is 0. The fourth-order valence-corrected chi connectivity index (χ4v) is 3.99. The first-order chi connectivity index (χ1) is 13.0. The van der Waals surface area contributed by atoms with Crippen LogP contribution in [0, 0.1) is 5.82 Å². The van der Waals surface area contributed by atoms with E-state index in [0.717, 1.165) is 17.2 Å². The fraction of sp³-hybridized carbons (Fsp3) is 0.412. The van der Waals surface area contributed by atoms with Gasteiger partial charge in [-0.1, -0.05) is 11.3 Å². The molecule has 0 spiro atoms. The summed E-state index contributed by atoms with van der Waals surface area (Å²) < 4.78 is 19.8. The van der Waals surface area contributed by atoms with Gasteiger partial charge in [0, 0.05) is 18.9 Å². The normalized spacial score (nSPS) is 16.5. The molecule has 10 heteroatoms. The van der Waals surface area contributed by atoms with Crippen LogP contribution in [0.2, 0.25) is 0 Å². The minimum Gasteiger partial charge on any atom is -0.442 e. The SMILES string of the molecule is CSCCc1nnc(-c2ccc(N3C[C@H](CNC(C)=O)OC3=O)cc2F)s1. The maximum Gasteiger partial charge on any atom is 0.414 e. The number of carbonyl (C=O) groups is 2. The quantitative estimate of drug-likeness (QED) is 0.756. The van der Waals surface area contributed by atoms with Crippen LogP contribution in [0.25, 0.3) is 10.6 Å². The number of aromatic nitrogens is 2. The van der Waals surface area contributed by atoms with Gasteiger partial charge in [0.15, 0.2) is 5.01 Å². The Morgan fingerprint density at radius 3 is 3.00 bits per heavy atom. The van der Waals surface area contributed by atoms with Crippen molar-refractivity contribution < 1.29 is 18.7 Å². The number of hydrogen-bond acceptors (Lipinski definition) is 7. The molecule has 2 aromatic rings. The zero-order chi connectivity index (χ0) is 19.4. The number of carbonyl (C=O) groups excluding carboxylic acids is 2. The third kappa shape index (κ3) is 4.75. The number of anilines is 1. The van der Waals surface area contributed by atoms with Crippen LogP contribution in [0.3, 0.4) is 0 Å². The van der Waals surface area contributed by atoms with Crippen molar-refractivity contribution in [2.24, 2.45) is 0 Å². The second kappa shape index (κ2) is 8.66. The zero-order valence-electron chi connectivity index (χ0n) is 14.9. The van der Waals surface area contributed by atoms with E-state index in [1.54, 1.807) is 23.9 Å². The van der Waals surface area contributed by atoms with Gasteiger partial charge in [-0.2, -0.15) is 11.8 Å². The Labute approximate surface area is 164 Å². The van der Waals surface area contributed by atoms with Crippen LogP contribution < -0.4 is 10.2 Å². The first kappa shape index (κ1) is 19.6. The summed E-state index contributed by atoms with van der Waals surface area (Å²) in [6.07, 6.45) is 1.79. The largest absolute Gasteiger partial charge is 0.442 e. The van der Waals surface area contributed by atoms with Gasteiger partial charge in [-0.3, -0.25) is 9.69 Å². The van der Waals surface area contributed by atoms with Crippen molar-refractivity contribution in [3.63, 3.8) is 0 Å². The standard InChI is InChI=1S/C17H19FN4O3S2/c1-10(23)19-8-12-9-22(17(24)25-12)11-3-4-13(14(18)7-11)16-21-20-15(27-16)5-6-26-2/h3-4,7,12H,5-6,8-9H2,1-2H3,(H,19,23)/t12-/m0/s1. The molecule has 1 N–H and O–H groups in total. The lowest BCUT2D eigenvalue weighted by Gasteiger charge is -2.14. The molecule has 2 heterocycles. The molecule has 1 aliphatic heterocycles. The summed E-state index contributed by atoms with van der Waals surface area (Å²) >= 11 is 3.09. The van der Waals surface area contributed by atoms with Gasteiger partial charge in [0.25, 0.3) is 0 Å². The molecule has 1 atom stereocenters. The molecule has 27 heavy (non-hydrogen) atoms. The summed E-state index contributed by atoms with van der Waals surface area (Å²) in [5.41, 5.74) is 0.757. The maximum absolute atomic E-state index is 14.6. The van der Waals surface area contributed by atoms with E-state index in [2.05, 4.69) is 15.5 Å². The first-order valence-corrected chi connectivity index (χ1v) is 10.5. The molecule has 1 aromatic carbocycles. The number of amides is 2. The van der Waals surface area contributed by atoms with Gasteiger partial charge in [-0.25, -0.2) is 9.18 Å². The Kier molecular flexibility index (Phi) is 6.27. The molecule has 0 saturated carbocycles. The second-order valence-corrected chi connectivity index (χ2v) is 8.01. The summed E-state index contributed by atoms with van der Waals surface area (Å²) in [6.45, 7) is 1.86. The molecule has 1 fully saturated rings. The van der Waals surface area contributed by atoms with Gasteiger partial charge in [-0.05, 0) is 30.2 Å². The number of halogens is 1. The number of nitrogens with zero attached hydrogens (tertiary/aromatic N) is 3. The Morgan fingerprint density at radius 1 is 1.48 bits per heavy atom. The molecule has 3 rings (SSSR count). The van der Waals surface area contributed by atoms with Crippen LogP contribution in [0.1, 0.15) is 11.9 Å². The van der Waals surface area contributed by atoms with E-state index in [4.69, 9.17) is 4.74 Å². The highest BCUT2D eigenvalue weighted by atomic mass is 32.2. The highest BCUT2D eigenvalue weighted by Crippen LogP contribution is 2.31. The highest BCUT2D eigenvalue weighted by Gasteiger charge is 2.32. The number of benzene rings is 1. The Balaban J connectivity index is 1.72. The third-order valence-electron chi connectivity index (χ3n) is 3.93. The number of rotatable bonds is 7. The third-order valence-corrected chi connectivity index (χ3v) is 5.56. The maximum atomic E-state index is 14.6. The van der Waals surface area contributed by atoms with Crippen molar-refractivity contribution in [2.75, 3.05) is 30.0 Å². The van der Waals surface area contributed by atoms with Gasteiger partial charge in [0.2, 0.25) is 5.91 Å².